The Morgan fingerprint density at radius 1 is 1.55 bits per heavy atom. The van der Waals surface area contributed by atoms with Crippen LogP contribution in [0.4, 0.5) is 0 Å². The predicted octanol–water partition coefficient (Wildman–Crippen LogP) is -3.65. The molecule has 1 rings (SSSR count). The first kappa shape index (κ1) is 10.6. The van der Waals surface area contributed by atoms with Gasteiger partial charge < -0.3 is 22.7 Å². The lowest BCUT2D eigenvalue weighted by atomic mass is 10.6. The van der Waals surface area contributed by atoms with Crippen LogP contribution >= 0.6 is 0 Å². The van der Waals surface area contributed by atoms with E-state index in [-0.39, 0.29) is 17.0 Å². The van der Waals surface area contributed by atoms with Gasteiger partial charge in [0.25, 0.3) is 0 Å². The normalized spacial score (nSPS) is 9.36. The summed E-state index contributed by atoms with van der Waals surface area (Å²) in [5, 5.41) is 4.19. The van der Waals surface area contributed by atoms with Gasteiger partial charge in [-0.05, 0) is 13.8 Å². The summed E-state index contributed by atoms with van der Waals surface area (Å²) in [5.41, 5.74) is 3.71. The van der Waals surface area contributed by atoms with Crippen LogP contribution in [0.15, 0.2) is 0 Å². The fourth-order valence-electron chi connectivity index (χ4n) is 0.884. The second kappa shape index (κ2) is 4.46. The maximum absolute atomic E-state index is 4.19. The van der Waals surface area contributed by atoms with Crippen molar-refractivity contribution in [1.82, 2.24) is 14.8 Å². The van der Waals surface area contributed by atoms with E-state index in [1.807, 2.05) is 11.6 Å². The Hall–Kier alpha value is -0.420. The topological polar surface area (TPSA) is 58.4 Å². The summed E-state index contributed by atoms with van der Waals surface area (Å²) in [6.45, 7) is 5.57. The summed E-state index contributed by atoms with van der Waals surface area (Å²) in [7, 11) is 0. The molecule has 0 saturated carbocycles. The Morgan fingerprint density at radius 3 is 2.45 bits per heavy atom. The molecule has 0 spiro atoms. The Bertz CT molecular complexity index is 220. The van der Waals surface area contributed by atoms with E-state index < -0.39 is 0 Å². The number of aromatic nitrogens is 3. The average Bonchev–Trinajstić information content (AvgIpc) is 2.30. The predicted molar refractivity (Wildman–Crippen MR) is 37.0 cm³/mol. The molecule has 0 radical (unpaired) electrons. The van der Waals surface area contributed by atoms with Gasteiger partial charge in [-0.25, -0.2) is 4.98 Å². The number of halogens is 1. The third kappa shape index (κ3) is 2.27. The molecule has 0 fully saturated rings. The minimum atomic E-state index is 0. The number of rotatable bonds is 2. The second-order valence-corrected chi connectivity index (χ2v) is 2.14. The molecule has 1 aromatic rings. The lowest BCUT2D eigenvalue weighted by molar-refractivity contribution is -0.388. The second-order valence-electron chi connectivity index (χ2n) is 2.14. The summed E-state index contributed by atoms with van der Waals surface area (Å²) in [6, 6.07) is 0. The van der Waals surface area contributed by atoms with Gasteiger partial charge in [-0.2, -0.15) is 0 Å². The highest BCUT2D eigenvalue weighted by Gasteiger charge is 2.02. The molecule has 0 atom stereocenters. The molecule has 4 nitrogen and oxygen atoms in total. The van der Waals surface area contributed by atoms with Crippen LogP contribution in [0.25, 0.3) is 0 Å². The number of quaternary nitrogens is 1. The van der Waals surface area contributed by atoms with Crippen LogP contribution in [-0.2, 0) is 13.1 Å². The van der Waals surface area contributed by atoms with Gasteiger partial charge in [0.1, 0.15) is 12.4 Å². The van der Waals surface area contributed by atoms with Crippen LogP contribution in [0.5, 0.6) is 0 Å². The van der Waals surface area contributed by atoms with Gasteiger partial charge in [-0.15, -0.1) is 5.10 Å². The van der Waals surface area contributed by atoms with Crippen molar-refractivity contribution >= 4 is 0 Å². The van der Waals surface area contributed by atoms with Crippen molar-refractivity contribution in [3.05, 3.63) is 11.6 Å². The van der Waals surface area contributed by atoms with E-state index in [4.69, 9.17) is 0 Å². The molecule has 0 aliphatic carbocycles. The quantitative estimate of drug-likeness (QED) is 0.560. The third-order valence-electron chi connectivity index (χ3n) is 1.42. The van der Waals surface area contributed by atoms with E-state index in [1.54, 1.807) is 0 Å². The smallest absolute Gasteiger partial charge is 0.205 e. The minimum absolute atomic E-state index is 0. The SMILES string of the molecule is CCn1nc(C[NH3+])nc1C.[Br-]. The molecule has 0 bridgehead atoms. The Morgan fingerprint density at radius 2 is 2.18 bits per heavy atom. The molecule has 3 N–H and O–H groups in total. The number of aryl methyl sites for hydroxylation is 2. The van der Waals surface area contributed by atoms with Gasteiger partial charge in [-0.3, -0.25) is 4.68 Å². The summed E-state index contributed by atoms with van der Waals surface area (Å²) in [5.74, 6) is 1.81. The summed E-state index contributed by atoms with van der Waals surface area (Å²) in [4.78, 5) is 4.19. The van der Waals surface area contributed by atoms with Crippen molar-refractivity contribution in [2.45, 2.75) is 26.9 Å². The molecule has 0 saturated heterocycles. The van der Waals surface area contributed by atoms with E-state index in [0.29, 0.717) is 6.54 Å². The third-order valence-corrected chi connectivity index (χ3v) is 1.42. The van der Waals surface area contributed by atoms with Crippen molar-refractivity contribution in [3.8, 4) is 0 Å². The van der Waals surface area contributed by atoms with Crippen molar-refractivity contribution < 1.29 is 22.7 Å². The van der Waals surface area contributed by atoms with Crippen molar-refractivity contribution in [1.29, 1.82) is 0 Å². The summed E-state index contributed by atoms with van der Waals surface area (Å²) in [6.07, 6.45) is 0. The molecule has 11 heavy (non-hydrogen) atoms. The first-order chi connectivity index (χ1) is 4.77. The molecular weight excluding hydrogens is 208 g/mol. The molecule has 0 aliphatic rings. The van der Waals surface area contributed by atoms with E-state index in [1.165, 1.54) is 0 Å². The minimum Gasteiger partial charge on any atom is -1.00 e. The van der Waals surface area contributed by atoms with Crippen LogP contribution in [0.3, 0.4) is 0 Å². The zero-order chi connectivity index (χ0) is 7.56. The molecule has 0 aliphatic heterocycles. The molecule has 0 unspecified atom stereocenters. The van der Waals surface area contributed by atoms with Crippen LogP contribution in [-0.4, -0.2) is 14.8 Å². The standard InChI is InChI=1S/C6H12N4.BrH/c1-3-10-5(2)8-6(4-7)9-10;/h3-4,7H2,1-2H3;1H. The monoisotopic (exact) mass is 220 g/mol. The van der Waals surface area contributed by atoms with E-state index in [9.17, 15) is 0 Å². The zero-order valence-electron chi connectivity index (χ0n) is 6.84. The van der Waals surface area contributed by atoms with E-state index >= 15 is 0 Å². The molecule has 1 aromatic heterocycles. The van der Waals surface area contributed by atoms with E-state index in [0.717, 1.165) is 18.2 Å². The summed E-state index contributed by atoms with van der Waals surface area (Å²) >= 11 is 0. The molecular formula is C6H13BrN4. The molecule has 64 valence electrons. The fourth-order valence-corrected chi connectivity index (χ4v) is 0.884. The highest BCUT2D eigenvalue weighted by Crippen LogP contribution is 1.94. The van der Waals surface area contributed by atoms with Crippen molar-refractivity contribution in [2.75, 3.05) is 0 Å². The van der Waals surface area contributed by atoms with Crippen LogP contribution in [0.1, 0.15) is 18.6 Å². The van der Waals surface area contributed by atoms with Gasteiger partial charge in [0, 0.05) is 6.54 Å². The van der Waals surface area contributed by atoms with Gasteiger partial charge in [0.05, 0.1) is 0 Å². The number of hydrogen-bond acceptors (Lipinski definition) is 2. The van der Waals surface area contributed by atoms with Gasteiger partial charge in [0.2, 0.25) is 5.82 Å². The molecule has 5 heteroatoms. The highest BCUT2D eigenvalue weighted by atomic mass is 79.9. The number of nitrogens with zero attached hydrogens (tertiary/aromatic N) is 3. The van der Waals surface area contributed by atoms with Gasteiger partial charge in [-0.1, -0.05) is 0 Å². The van der Waals surface area contributed by atoms with Gasteiger partial charge >= 0.3 is 0 Å². The van der Waals surface area contributed by atoms with Crippen molar-refractivity contribution in [3.63, 3.8) is 0 Å². The Labute approximate surface area is 76.6 Å². The fraction of sp³-hybridized carbons (Fsp3) is 0.667. The average molecular weight is 221 g/mol. The maximum Gasteiger partial charge on any atom is 0.205 e. The number of hydrogen-bond donors (Lipinski definition) is 1. The van der Waals surface area contributed by atoms with Crippen LogP contribution in [0, 0.1) is 6.92 Å². The Balaban J connectivity index is 0.000001000. The molecule has 0 amide bonds. The highest BCUT2D eigenvalue weighted by molar-refractivity contribution is 4.87. The Kier molecular flexibility index (Phi) is 4.29. The van der Waals surface area contributed by atoms with Crippen molar-refractivity contribution in [2.24, 2.45) is 0 Å². The summed E-state index contributed by atoms with van der Waals surface area (Å²) < 4.78 is 1.88. The zero-order valence-corrected chi connectivity index (χ0v) is 8.43. The molecule has 1 heterocycles. The van der Waals surface area contributed by atoms with Crippen LogP contribution < -0.4 is 22.7 Å². The van der Waals surface area contributed by atoms with Crippen LogP contribution in [0.2, 0.25) is 0 Å². The van der Waals surface area contributed by atoms with Gasteiger partial charge in [0.15, 0.2) is 0 Å². The maximum atomic E-state index is 4.19. The largest absolute Gasteiger partial charge is 1.00 e. The first-order valence-electron chi connectivity index (χ1n) is 3.47. The molecule has 0 aromatic carbocycles. The lowest BCUT2D eigenvalue weighted by Crippen LogP contribution is -3.00. The first-order valence-corrected chi connectivity index (χ1v) is 3.47. The van der Waals surface area contributed by atoms with E-state index in [2.05, 4.69) is 22.7 Å². The lowest BCUT2D eigenvalue weighted by Gasteiger charge is -1.92.